The second kappa shape index (κ2) is 11.7. The van der Waals surface area contributed by atoms with Gasteiger partial charge in [-0.3, -0.25) is 14.5 Å². The Kier molecular flexibility index (Phi) is 8.94. The number of piperidine rings is 1. The van der Waals surface area contributed by atoms with E-state index in [0.29, 0.717) is 51.4 Å². The van der Waals surface area contributed by atoms with Crippen LogP contribution in [0.15, 0.2) is 30.3 Å². The van der Waals surface area contributed by atoms with E-state index < -0.39 is 5.54 Å². The lowest BCUT2D eigenvalue weighted by molar-refractivity contribution is -0.135. The van der Waals surface area contributed by atoms with Gasteiger partial charge in [-0.25, -0.2) is 4.79 Å². The van der Waals surface area contributed by atoms with Crippen LogP contribution in [0.25, 0.3) is 6.08 Å². The van der Waals surface area contributed by atoms with E-state index in [1.54, 1.807) is 19.3 Å². The molecule has 8 heteroatoms. The maximum absolute atomic E-state index is 13.6. The Morgan fingerprint density at radius 3 is 2.43 bits per heavy atom. The molecule has 0 unspecified atom stereocenters. The highest BCUT2D eigenvalue weighted by molar-refractivity contribution is 6.07. The van der Waals surface area contributed by atoms with Crippen molar-refractivity contribution in [2.24, 2.45) is 11.8 Å². The van der Waals surface area contributed by atoms with Crippen molar-refractivity contribution in [1.29, 1.82) is 0 Å². The van der Waals surface area contributed by atoms with E-state index >= 15 is 0 Å². The largest absolute Gasteiger partial charge is 0.497 e. The molecule has 0 saturated carbocycles. The lowest BCUT2D eigenvalue weighted by Crippen LogP contribution is -2.56. The number of ether oxygens (including phenoxy) is 1. The Balaban J connectivity index is 1.66. The van der Waals surface area contributed by atoms with Crippen LogP contribution in [0.4, 0.5) is 4.79 Å². The smallest absolute Gasteiger partial charge is 0.325 e. The highest BCUT2D eigenvalue weighted by Crippen LogP contribution is 2.38. The number of likely N-dealkylation sites (N-methyl/N-ethyl adjacent to an activating group) is 1. The summed E-state index contributed by atoms with van der Waals surface area (Å²) in [6.45, 7) is 6.42. The van der Waals surface area contributed by atoms with Gasteiger partial charge in [0, 0.05) is 32.3 Å². The van der Waals surface area contributed by atoms with Gasteiger partial charge in [0.15, 0.2) is 0 Å². The fourth-order valence-corrected chi connectivity index (χ4v) is 4.90. The number of carbonyl (C=O) groups is 3. The molecule has 3 rings (SSSR count). The number of likely N-dealkylation sites (tertiary alicyclic amines) is 1. The predicted molar refractivity (Wildman–Crippen MR) is 137 cm³/mol. The molecular weight excluding hydrogens is 444 g/mol. The van der Waals surface area contributed by atoms with Gasteiger partial charge in [0.25, 0.3) is 5.91 Å². The first-order valence-corrected chi connectivity index (χ1v) is 12.6. The van der Waals surface area contributed by atoms with Crippen molar-refractivity contribution in [3.63, 3.8) is 0 Å². The monoisotopic (exact) mass is 484 g/mol. The highest BCUT2D eigenvalue weighted by atomic mass is 16.5. The number of nitrogens with zero attached hydrogens (tertiary/aromatic N) is 3. The van der Waals surface area contributed by atoms with E-state index in [0.717, 1.165) is 17.7 Å². The first kappa shape index (κ1) is 26.7. The molecule has 2 aliphatic heterocycles. The summed E-state index contributed by atoms with van der Waals surface area (Å²) < 4.78 is 5.17. The molecule has 2 heterocycles. The summed E-state index contributed by atoms with van der Waals surface area (Å²) in [7, 11) is 5.48. The van der Waals surface area contributed by atoms with Gasteiger partial charge in [-0.2, -0.15) is 0 Å². The second-order valence-electron chi connectivity index (χ2n) is 10.3. The maximum Gasteiger partial charge on any atom is 0.325 e. The van der Waals surface area contributed by atoms with Gasteiger partial charge in [-0.15, -0.1) is 0 Å². The van der Waals surface area contributed by atoms with Crippen molar-refractivity contribution in [1.82, 2.24) is 20.0 Å². The Morgan fingerprint density at radius 1 is 1.20 bits per heavy atom. The Hall–Kier alpha value is -2.87. The summed E-state index contributed by atoms with van der Waals surface area (Å²) in [6.07, 6.45) is 6.27. The van der Waals surface area contributed by atoms with Gasteiger partial charge >= 0.3 is 6.03 Å². The molecule has 2 aliphatic rings. The molecular formula is C27H40N4O4. The second-order valence-corrected chi connectivity index (χ2v) is 10.3. The molecule has 0 aromatic heterocycles. The quantitative estimate of drug-likeness (QED) is 0.407. The van der Waals surface area contributed by atoms with Crippen LogP contribution in [-0.2, 0) is 9.59 Å². The molecule has 1 atom stereocenters. The summed E-state index contributed by atoms with van der Waals surface area (Å²) in [5.74, 6) is 1.07. The van der Waals surface area contributed by atoms with Crippen molar-refractivity contribution in [2.45, 2.75) is 45.1 Å². The van der Waals surface area contributed by atoms with E-state index in [-0.39, 0.29) is 23.8 Å². The number of methoxy groups -OCH3 is 1. The molecule has 1 aromatic carbocycles. The fraction of sp³-hybridized carbons (Fsp3) is 0.593. The number of urea groups is 1. The van der Waals surface area contributed by atoms with E-state index in [1.807, 2.05) is 48.2 Å². The standard InChI is InChI=1S/C27H40N4O4/c1-20(2)12-15-27(25(33)31(26(34)28-27)19-18-29(3)4)22-13-16-30(17-14-22)24(32)11-8-21-6-9-23(35-5)10-7-21/h6-11,20,22H,12-19H2,1-5H3,(H,28,34)/b11-8+/t27-/m0/s1. The van der Waals surface area contributed by atoms with Crippen LogP contribution in [0.3, 0.4) is 0 Å². The number of nitrogens with one attached hydrogen (secondary N) is 1. The summed E-state index contributed by atoms with van der Waals surface area (Å²) >= 11 is 0. The first-order chi connectivity index (χ1) is 16.7. The van der Waals surface area contributed by atoms with Crippen LogP contribution in [0, 0.1) is 11.8 Å². The summed E-state index contributed by atoms with van der Waals surface area (Å²) in [5, 5.41) is 3.11. The number of imide groups is 1. The van der Waals surface area contributed by atoms with Gasteiger partial charge < -0.3 is 19.9 Å². The number of hydrogen-bond acceptors (Lipinski definition) is 5. The van der Waals surface area contributed by atoms with Gasteiger partial charge in [0.2, 0.25) is 5.91 Å². The predicted octanol–water partition coefficient (Wildman–Crippen LogP) is 3.24. The molecule has 2 saturated heterocycles. The summed E-state index contributed by atoms with van der Waals surface area (Å²) in [4.78, 5) is 44.4. The zero-order valence-electron chi connectivity index (χ0n) is 21.8. The van der Waals surface area contributed by atoms with Crippen LogP contribution in [0.1, 0.15) is 45.1 Å². The molecule has 0 aliphatic carbocycles. The average Bonchev–Trinajstić information content (AvgIpc) is 3.09. The molecule has 2 fully saturated rings. The number of rotatable bonds is 10. The maximum atomic E-state index is 13.6. The van der Waals surface area contributed by atoms with Crippen molar-refractivity contribution < 1.29 is 19.1 Å². The highest BCUT2D eigenvalue weighted by Gasteiger charge is 2.55. The minimum Gasteiger partial charge on any atom is -0.497 e. The molecule has 1 N–H and O–H groups in total. The summed E-state index contributed by atoms with van der Waals surface area (Å²) in [5.41, 5.74) is 0.0561. The van der Waals surface area contributed by atoms with Gasteiger partial charge in [-0.05, 0) is 75.4 Å². The van der Waals surface area contributed by atoms with E-state index in [4.69, 9.17) is 4.74 Å². The van der Waals surface area contributed by atoms with Crippen LogP contribution < -0.4 is 10.1 Å². The van der Waals surface area contributed by atoms with Crippen LogP contribution in [-0.4, -0.2) is 85.5 Å². The molecule has 1 aromatic rings. The number of amides is 4. The number of benzene rings is 1. The van der Waals surface area contributed by atoms with Crippen molar-refractivity contribution >= 4 is 23.9 Å². The Bertz CT molecular complexity index is 920. The molecule has 0 spiro atoms. The Morgan fingerprint density at radius 2 is 1.86 bits per heavy atom. The van der Waals surface area contributed by atoms with Crippen LogP contribution >= 0.6 is 0 Å². The molecule has 35 heavy (non-hydrogen) atoms. The summed E-state index contributed by atoms with van der Waals surface area (Å²) in [6, 6.07) is 7.25. The van der Waals surface area contributed by atoms with E-state index in [2.05, 4.69) is 19.2 Å². The van der Waals surface area contributed by atoms with E-state index in [1.165, 1.54) is 4.90 Å². The topological polar surface area (TPSA) is 82.2 Å². The third kappa shape index (κ3) is 6.42. The van der Waals surface area contributed by atoms with Gasteiger partial charge in [0.05, 0.1) is 7.11 Å². The third-order valence-electron chi connectivity index (χ3n) is 7.13. The molecule has 0 radical (unpaired) electrons. The number of hydrogen-bond donors (Lipinski definition) is 1. The minimum atomic E-state index is -0.873. The minimum absolute atomic E-state index is 0.0108. The molecule has 8 nitrogen and oxygen atoms in total. The molecule has 4 amide bonds. The number of carbonyl (C=O) groups excluding carboxylic acids is 3. The SMILES string of the molecule is COc1ccc(/C=C/C(=O)N2CCC([C@]3(CCC(C)C)NC(=O)N(CCN(C)C)C3=O)CC2)cc1. The molecule has 192 valence electrons. The zero-order valence-corrected chi connectivity index (χ0v) is 21.8. The van der Waals surface area contributed by atoms with Crippen molar-refractivity contribution in [3.8, 4) is 5.75 Å². The third-order valence-corrected chi connectivity index (χ3v) is 7.13. The lowest BCUT2D eigenvalue weighted by atomic mass is 9.74. The fourth-order valence-electron chi connectivity index (χ4n) is 4.90. The van der Waals surface area contributed by atoms with Crippen LogP contribution in [0.2, 0.25) is 0 Å². The lowest BCUT2D eigenvalue weighted by Gasteiger charge is -2.41. The van der Waals surface area contributed by atoms with Gasteiger partial charge in [0.1, 0.15) is 11.3 Å². The first-order valence-electron chi connectivity index (χ1n) is 12.6. The zero-order chi connectivity index (χ0) is 25.6. The van der Waals surface area contributed by atoms with Gasteiger partial charge in [-0.1, -0.05) is 26.0 Å². The van der Waals surface area contributed by atoms with Crippen LogP contribution in [0.5, 0.6) is 5.75 Å². The normalized spacial score (nSPS) is 21.5. The van der Waals surface area contributed by atoms with Crippen molar-refractivity contribution in [3.05, 3.63) is 35.9 Å². The van der Waals surface area contributed by atoms with Crippen molar-refractivity contribution in [2.75, 3.05) is 47.4 Å². The Labute approximate surface area is 209 Å². The average molecular weight is 485 g/mol. The molecule has 0 bridgehead atoms. The van der Waals surface area contributed by atoms with E-state index in [9.17, 15) is 14.4 Å².